The van der Waals surface area contributed by atoms with E-state index in [0.29, 0.717) is 23.2 Å². The number of rotatable bonds is 4. The van der Waals surface area contributed by atoms with Gasteiger partial charge in [0.15, 0.2) is 5.60 Å². The van der Waals surface area contributed by atoms with E-state index >= 15 is 0 Å². The molecule has 1 atom stereocenters. The lowest BCUT2D eigenvalue weighted by Crippen LogP contribution is -2.48. The van der Waals surface area contributed by atoms with E-state index in [2.05, 4.69) is 5.32 Å². The molecule has 1 N–H and O–H groups in total. The first-order chi connectivity index (χ1) is 12.8. The first-order valence-corrected chi connectivity index (χ1v) is 8.72. The summed E-state index contributed by atoms with van der Waals surface area (Å²) in [6.07, 6.45) is 0.0835. The van der Waals surface area contributed by atoms with Crippen molar-refractivity contribution in [2.24, 2.45) is 0 Å². The molecule has 1 heterocycles. The number of carbonyl (C=O) groups excluding carboxylic acids is 3. The minimum Gasteiger partial charge on any atom is -0.459 e. The van der Waals surface area contributed by atoms with Gasteiger partial charge in [0.2, 0.25) is 0 Å². The van der Waals surface area contributed by atoms with E-state index < -0.39 is 23.4 Å². The van der Waals surface area contributed by atoms with Gasteiger partial charge >= 0.3 is 11.9 Å². The molecule has 1 amide bonds. The highest BCUT2D eigenvalue weighted by Gasteiger charge is 2.42. The number of hydrogen-bond donors (Lipinski definition) is 1. The standard InChI is InChI=1S/C21H21NO5/c1-13(2)26-18(23)14-8-10-16(11-9-14)22-20(25)21(3)12-15-6-4-5-7-17(15)19(24)27-21/h4-11,13H,12H2,1-3H3,(H,22,25). The Kier molecular flexibility index (Phi) is 4.99. The molecule has 1 unspecified atom stereocenters. The summed E-state index contributed by atoms with van der Waals surface area (Å²) < 4.78 is 10.5. The Hall–Kier alpha value is -3.15. The van der Waals surface area contributed by atoms with Crippen molar-refractivity contribution >= 4 is 23.5 Å². The molecule has 6 nitrogen and oxygen atoms in total. The third-order valence-electron chi connectivity index (χ3n) is 4.28. The summed E-state index contributed by atoms with van der Waals surface area (Å²) in [5.41, 5.74) is 0.845. The fraction of sp³-hybridized carbons (Fsp3) is 0.286. The molecule has 27 heavy (non-hydrogen) atoms. The van der Waals surface area contributed by atoms with Gasteiger partial charge in [-0.25, -0.2) is 9.59 Å². The molecule has 3 rings (SSSR count). The zero-order valence-corrected chi connectivity index (χ0v) is 15.4. The van der Waals surface area contributed by atoms with Gasteiger partial charge in [0.1, 0.15) is 0 Å². The van der Waals surface area contributed by atoms with Gasteiger partial charge in [-0.3, -0.25) is 4.79 Å². The Morgan fingerprint density at radius 3 is 2.44 bits per heavy atom. The zero-order chi connectivity index (χ0) is 19.6. The maximum atomic E-state index is 12.7. The fourth-order valence-electron chi connectivity index (χ4n) is 2.89. The van der Waals surface area contributed by atoms with E-state index in [1.54, 1.807) is 57.2 Å². The highest BCUT2D eigenvalue weighted by molar-refractivity contribution is 6.02. The van der Waals surface area contributed by atoms with Gasteiger partial charge in [-0.1, -0.05) is 18.2 Å². The summed E-state index contributed by atoms with van der Waals surface area (Å²) >= 11 is 0. The van der Waals surface area contributed by atoms with Gasteiger partial charge in [-0.2, -0.15) is 0 Å². The van der Waals surface area contributed by atoms with Crippen molar-refractivity contribution in [1.82, 2.24) is 0 Å². The average molecular weight is 367 g/mol. The van der Waals surface area contributed by atoms with Gasteiger partial charge in [0.05, 0.1) is 17.2 Å². The molecule has 0 saturated carbocycles. The third kappa shape index (κ3) is 4.00. The number of fused-ring (bicyclic) bond motifs is 1. The molecular formula is C21H21NO5. The average Bonchev–Trinajstić information content (AvgIpc) is 2.61. The van der Waals surface area contributed by atoms with Crippen molar-refractivity contribution in [3.8, 4) is 0 Å². The zero-order valence-electron chi connectivity index (χ0n) is 15.4. The molecule has 0 fully saturated rings. The van der Waals surface area contributed by atoms with Crippen LogP contribution >= 0.6 is 0 Å². The number of esters is 2. The maximum absolute atomic E-state index is 12.7. The smallest absolute Gasteiger partial charge is 0.339 e. The summed E-state index contributed by atoms with van der Waals surface area (Å²) in [7, 11) is 0. The van der Waals surface area contributed by atoms with Crippen LogP contribution < -0.4 is 5.32 Å². The molecular weight excluding hydrogens is 346 g/mol. The second-order valence-electron chi connectivity index (χ2n) is 6.94. The van der Waals surface area contributed by atoms with Crippen LogP contribution in [0.1, 0.15) is 47.1 Å². The van der Waals surface area contributed by atoms with Crippen LogP contribution in [0.4, 0.5) is 5.69 Å². The minimum absolute atomic E-state index is 0.208. The first kappa shape index (κ1) is 18.6. The second kappa shape index (κ2) is 7.23. The van der Waals surface area contributed by atoms with E-state index in [9.17, 15) is 14.4 Å². The highest BCUT2D eigenvalue weighted by Crippen LogP contribution is 2.29. The summed E-state index contributed by atoms with van der Waals surface area (Å²) in [5.74, 6) is -1.36. The number of cyclic esters (lactones) is 1. The Labute approximate surface area is 157 Å². The minimum atomic E-state index is -1.30. The van der Waals surface area contributed by atoms with Crippen LogP contribution in [0.15, 0.2) is 48.5 Å². The third-order valence-corrected chi connectivity index (χ3v) is 4.28. The molecule has 1 aliphatic rings. The Morgan fingerprint density at radius 1 is 1.11 bits per heavy atom. The second-order valence-corrected chi connectivity index (χ2v) is 6.94. The van der Waals surface area contributed by atoms with Gasteiger partial charge < -0.3 is 14.8 Å². The summed E-state index contributed by atoms with van der Waals surface area (Å²) in [6, 6.07) is 13.4. The number of carbonyl (C=O) groups is 3. The maximum Gasteiger partial charge on any atom is 0.339 e. The molecule has 0 radical (unpaired) electrons. The van der Waals surface area contributed by atoms with E-state index in [0.717, 1.165) is 5.56 Å². The van der Waals surface area contributed by atoms with Gasteiger partial charge in [-0.05, 0) is 56.7 Å². The van der Waals surface area contributed by atoms with Gasteiger partial charge in [0.25, 0.3) is 5.91 Å². The number of ether oxygens (including phenoxy) is 2. The van der Waals surface area contributed by atoms with E-state index in [1.165, 1.54) is 0 Å². The van der Waals surface area contributed by atoms with Crippen molar-refractivity contribution < 1.29 is 23.9 Å². The Morgan fingerprint density at radius 2 is 1.78 bits per heavy atom. The van der Waals surface area contributed by atoms with E-state index in [1.807, 2.05) is 12.1 Å². The van der Waals surface area contributed by atoms with E-state index in [-0.39, 0.29) is 6.10 Å². The van der Waals surface area contributed by atoms with Crippen LogP contribution in [0.25, 0.3) is 0 Å². The molecule has 0 aromatic heterocycles. The monoisotopic (exact) mass is 367 g/mol. The van der Waals surface area contributed by atoms with Crippen molar-refractivity contribution in [3.63, 3.8) is 0 Å². The lowest BCUT2D eigenvalue weighted by molar-refractivity contribution is -0.134. The summed E-state index contributed by atoms with van der Waals surface area (Å²) in [4.78, 5) is 36.8. The molecule has 2 aromatic rings. The topological polar surface area (TPSA) is 81.7 Å². The van der Waals surface area contributed by atoms with Crippen LogP contribution in [0.5, 0.6) is 0 Å². The molecule has 0 spiro atoms. The summed E-state index contributed by atoms with van der Waals surface area (Å²) in [6.45, 7) is 5.14. The number of anilines is 1. The van der Waals surface area contributed by atoms with Crippen LogP contribution in [-0.4, -0.2) is 29.6 Å². The molecule has 0 saturated heterocycles. The Bertz CT molecular complexity index is 888. The van der Waals surface area contributed by atoms with Crippen LogP contribution in [0.3, 0.4) is 0 Å². The predicted molar refractivity (Wildman–Crippen MR) is 99.6 cm³/mol. The van der Waals surface area contributed by atoms with Gasteiger partial charge in [-0.15, -0.1) is 0 Å². The number of amides is 1. The van der Waals surface area contributed by atoms with Crippen LogP contribution in [0, 0.1) is 0 Å². The van der Waals surface area contributed by atoms with Crippen molar-refractivity contribution in [1.29, 1.82) is 0 Å². The predicted octanol–water partition coefficient (Wildman–Crippen LogP) is 3.36. The van der Waals surface area contributed by atoms with E-state index in [4.69, 9.17) is 9.47 Å². The molecule has 0 bridgehead atoms. The molecule has 2 aromatic carbocycles. The fourth-order valence-corrected chi connectivity index (χ4v) is 2.89. The lowest BCUT2D eigenvalue weighted by Gasteiger charge is -2.33. The number of nitrogens with one attached hydrogen (secondary N) is 1. The molecule has 0 aliphatic carbocycles. The summed E-state index contributed by atoms with van der Waals surface area (Å²) in [5, 5.41) is 2.74. The van der Waals surface area contributed by atoms with Gasteiger partial charge in [0, 0.05) is 12.1 Å². The first-order valence-electron chi connectivity index (χ1n) is 8.72. The normalized spacial score (nSPS) is 18.4. The van der Waals surface area contributed by atoms with Crippen molar-refractivity contribution in [2.75, 3.05) is 5.32 Å². The lowest BCUT2D eigenvalue weighted by atomic mass is 9.89. The van der Waals surface area contributed by atoms with Crippen molar-refractivity contribution in [2.45, 2.75) is 38.9 Å². The number of benzene rings is 2. The highest BCUT2D eigenvalue weighted by atomic mass is 16.6. The molecule has 6 heteroatoms. The van der Waals surface area contributed by atoms with Crippen LogP contribution in [-0.2, 0) is 20.7 Å². The number of hydrogen-bond acceptors (Lipinski definition) is 5. The van der Waals surface area contributed by atoms with Crippen molar-refractivity contribution in [3.05, 3.63) is 65.2 Å². The van der Waals surface area contributed by atoms with Crippen LogP contribution in [0.2, 0.25) is 0 Å². The molecule has 1 aliphatic heterocycles. The Balaban J connectivity index is 1.72. The quantitative estimate of drug-likeness (QED) is 0.838. The molecule has 140 valence electrons. The SMILES string of the molecule is CC(C)OC(=O)c1ccc(NC(=O)C2(C)Cc3ccccc3C(=O)O2)cc1. The largest absolute Gasteiger partial charge is 0.459 e.